The van der Waals surface area contributed by atoms with Crippen LogP contribution in [0.3, 0.4) is 0 Å². The first-order valence-corrected chi connectivity index (χ1v) is 12.6. The second-order valence-corrected chi connectivity index (χ2v) is 10.2. The Morgan fingerprint density at radius 2 is 1.76 bits per heavy atom. The summed E-state index contributed by atoms with van der Waals surface area (Å²) in [6.45, 7) is 0.838. The van der Waals surface area contributed by atoms with Crippen molar-refractivity contribution >= 4 is 38.3 Å². The van der Waals surface area contributed by atoms with E-state index in [1.807, 2.05) is 5.32 Å². The minimum absolute atomic E-state index is 0.154. The highest BCUT2D eigenvalue weighted by molar-refractivity contribution is 7.89. The molecule has 1 aliphatic carbocycles. The van der Waals surface area contributed by atoms with Gasteiger partial charge in [-0.15, -0.1) is 11.3 Å². The highest BCUT2D eigenvalue weighted by Gasteiger charge is 2.65. The van der Waals surface area contributed by atoms with E-state index in [4.69, 9.17) is 4.74 Å². The molecule has 0 spiro atoms. The average Bonchev–Trinajstić information content (AvgIpc) is 3.15. The molecule has 0 aliphatic heterocycles. The average molecular weight is 521 g/mol. The van der Waals surface area contributed by atoms with Gasteiger partial charge in [0, 0.05) is 4.88 Å². The summed E-state index contributed by atoms with van der Waals surface area (Å²) in [5, 5.41) is 1.68. The Hall–Kier alpha value is -2.64. The Balaban J connectivity index is 2.20. The van der Waals surface area contributed by atoms with Crippen molar-refractivity contribution in [3.05, 3.63) is 46.3 Å². The number of sulfonamides is 1. The summed E-state index contributed by atoms with van der Waals surface area (Å²) in [4.78, 5) is 25.5. The van der Waals surface area contributed by atoms with Crippen molar-refractivity contribution in [2.45, 2.75) is 49.3 Å². The highest BCUT2D eigenvalue weighted by Crippen LogP contribution is 2.42. The topological polar surface area (TPSA) is 111 Å². The highest BCUT2D eigenvalue weighted by atomic mass is 32.2. The number of aryl methyl sites for hydroxylation is 1. The maximum absolute atomic E-state index is 14.6. The summed E-state index contributed by atoms with van der Waals surface area (Å²) < 4.78 is 80.5. The number of nitrogens with one attached hydrogen (secondary N) is 2. The summed E-state index contributed by atoms with van der Waals surface area (Å²) in [5.74, 6) is -2.81. The van der Waals surface area contributed by atoms with Crippen LogP contribution < -0.4 is 10.0 Å². The molecule has 0 bridgehead atoms. The predicted molar refractivity (Wildman–Crippen MR) is 118 cm³/mol. The Morgan fingerprint density at radius 3 is 2.35 bits per heavy atom. The van der Waals surface area contributed by atoms with Crippen LogP contribution in [0.5, 0.6) is 0 Å². The number of alkyl halides is 3. The minimum atomic E-state index is -5.50. The second kappa shape index (κ2) is 9.92. The third-order valence-electron chi connectivity index (χ3n) is 5.21. The van der Waals surface area contributed by atoms with Crippen LogP contribution in [0.2, 0.25) is 0 Å². The van der Waals surface area contributed by atoms with Crippen LogP contribution in [-0.2, 0) is 37.1 Å². The third-order valence-corrected chi connectivity index (χ3v) is 7.88. The van der Waals surface area contributed by atoms with Crippen LogP contribution in [0.1, 0.15) is 40.6 Å². The van der Waals surface area contributed by atoms with E-state index in [0.29, 0.717) is 23.3 Å². The van der Waals surface area contributed by atoms with E-state index in [1.54, 1.807) is 0 Å². The first kappa shape index (κ1) is 26.0. The molecule has 0 amide bonds. The van der Waals surface area contributed by atoms with Gasteiger partial charge in [0.1, 0.15) is 5.00 Å². The van der Waals surface area contributed by atoms with Crippen molar-refractivity contribution in [1.82, 2.24) is 4.72 Å². The molecule has 1 atom stereocenters. The van der Waals surface area contributed by atoms with Gasteiger partial charge < -0.3 is 14.8 Å². The molecule has 2 N–H and O–H groups in total. The van der Waals surface area contributed by atoms with Gasteiger partial charge in [-0.2, -0.15) is 17.9 Å². The number of thiophene rings is 1. The fourth-order valence-corrected chi connectivity index (χ4v) is 6.22. The molecule has 1 aliphatic rings. The van der Waals surface area contributed by atoms with Crippen LogP contribution in [0.4, 0.5) is 18.2 Å². The number of carbonyl (C=O) groups excluding carboxylic acids is 2. The smallest absolute Gasteiger partial charge is 0.437 e. The molecule has 1 aromatic heterocycles. The summed E-state index contributed by atoms with van der Waals surface area (Å²) in [6, 6.07) is 6.30. The molecule has 186 valence electrons. The van der Waals surface area contributed by atoms with Gasteiger partial charge in [-0.05, 0) is 50.3 Å². The Morgan fingerprint density at radius 1 is 1.12 bits per heavy atom. The standard InChI is InChI=1S/C21H23F3N2O6S2/c1-3-32-19(28)20(21(22,23)24,26-34(29,30)13-9-5-4-6-10-13)25-17-16(18(27)31-2)14-11-7-8-12-15(14)33-17/h4-6,9-10,25-26H,3,7-8,11-12H2,1-2H3. The lowest BCUT2D eigenvalue weighted by Crippen LogP contribution is -2.69. The van der Waals surface area contributed by atoms with E-state index in [1.165, 1.54) is 29.8 Å². The summed E-state index contributed by atoms with van der Waals surface area (Å²) in [6.07, 6.45) is -3.04. The van der Waals surface area contributed by atoms with Crippen molar-refractivity contribution in [2.75, 3.05) is 19.0 Å². The van der Waals surface area contributed by atoms with Gasteiger partial charge in [-0.3, -0.25) is 0 Å². The largest absolute Gasteiger partial charge is 0.465 e. The van der Waals surface area contributed by atoms with Crippen molar-refractivity contribution < 1.29 is 40.7 Å². The van der Waals surface area contributed by atoms with Crippen molar-refractivity contribution in [2.24, 2.45) is 0 Å². The molecular formula is C21H23F3N2O6S2. The fraction of sp³-hybridized carbons (Fsp3) is 0.429. The third kappa shape index (κ3) is 4.91. The van der Waals surface area contributed by atoms with Gasteiger partial charge in [-0.1, -0.05) is 18.2 Å². The normalized spacial score (nSPS) is 15.7. The zero-order chi connectivity index (χ0) is 25.1. The van der Waals surface area contributed by atoms with Crippen molar-refractivity contribution in [1.29, 1.82) is 0 Å². The first-order chi connectivity index (χ1) is 16.0. The maximum atomic E-state index is 14.6. The molecule has 34 heavy (non-hydrogen) atoms. The fourth-order valence-electron chi connectivity index (χ4n) is 3.60. The number of carbonyl (C=O) groups is 2. The number of methoxy groups -OCH3 is 1. The number of ether oxygens (including phenoxy) is 2. The lowest BCUT2D eigenvalue weighted by Gasteiger charge is -2.34. The number of hydrogen-bond donors (Lipinski definition) is 2. The van der Waals surface area contributed by atoms with E-state index in [9.17, 15) is 31.2 Å². The lowest BCUT2D eigenvalue weighted by molar-refractivity contribution is -0.202. The van der Waals surface area contributed by atoms with E-state index in [0.717, 1.165) is 43.4 Å². The molecule has 3 rings (SSSR count). The number of fused-ring (bicyclic) bond motifs is 1. The van der Waals surface area contributed by atoms with Gasteiger partial charge in [0.15, 0.2) is 0 Å². The van der Waals surface area contributed by atoms with Gasteiger partial charge in [0.25, 0.3) is 5.66 Å². The molecule has 2 aromatic rings. The number of anilines is 1. The van der Waals surface area contributed by atoms with E-state index >= 15 is 0 Å². The molecule has 0 radical (unpaired) electrons. The van der Waals surface area contributed by atoms with Crippen LogP contribution in [0.15, 0.2) is 35.2 Å². The van der Waals surface area contributed by atoms with Crippen LogP contribution >= 0.6 is 11.3 Å². The summed E-state index contributed by atoms with van der Waals surface area (Å²) in [7, 11) is -3.79. The number of rotatable bonds is 8. The molecule has 0 fully saturated rings. The van der Waals surface area contributed by atoms with Gasteiger partial charge in [0.05, 0.1) is 24.2 Å². The van der Waals surface area contributed by atoms with E-state index in [-0.39, 0.29) is 10.6 Å². The molecule has 0 saturated heterocycles. The van der Waals surface area contributed by atoms with Crippen molar-refractivity contribution in [3.63, 3.8) is 0 Å². The SMILES string of the molecule is CCOC(=O)C(Nc1sc2c(c1C(=O)OC)CCCC2)(NS(=O)(=O)c1ccccc1)C(F)(F)F. The molecular weight excluding hydrogens is 497 g/mol. The summed E-state index contributed by atoms with van der Waals surface area (Å²) >= 11 is 0.851. The molecule has 1 unspecified atom stereocenters. The number of benzene rings is 1. The minimum Gasteiger partial charge on any atom is -0.465 e. The molecule has 13 heteroatoms. The lowest BCUT2D eigenvalue weighted by atomic mass is 9.95. The zero-order valence-electron chi connectivity index (χ0n) is 18.3. The quantitative estimate of drug-likeness (QED) is 0.404. The Labute approximate surface area is 198 Å². The Kier molecular flexibility index (Phi) is 7.58. The van der Waals surface area contributed by atoms with Gasteiger partial charge in [0.2, 0.25) is 10.0 Å². The first-order valence-electron chi connectivity index (χ1n) is 10.3. The number of esters is 2. The van der Waals surface area contributed by atoms with Crippen LogP contribution in [-0.4, -0.2) is 45.9 Å². The number of hydrogen-bond acceptors (Lipinski definition) is 8. The van der Waals surface area contributed by atoms with E-state index in [2.05, 4.69) is 4.74 Å². The molecule has 8 nitrogen and oxygen atoms in total. The number of halogens is 3. The second-order valence-electron chi connectivity index (χ2n) is 7.42. The van der Waals surface area contributed by atoms with E-state index < -0.39 is 45.3 Å². The molecule has 1 aromatic carbocycles. The van der Waals surface area contributed by atoms with Gasteiger partial charge >= 0.3 is 18.1 Å². The predicted octanol–water partition coefficient (Wildman–Crippen LogP) is 3.63. The van der Waals surface area contributed by atoms with Crippen LogP contribution in [0.25, 0.3) is 0 Å². The van der Waals surface area contributed by atoms with Gasteiger partial charge in [-0.25, -0.2) is 18.0 Å². The maximum Gasteiger partial charge on any atom is 0.437 e. The van der Waals surface area contributed by atoms with Crippen molar-refractivity contribution in [3.8, 4) is 0 Å². The summed E-state index contributed by atoms with van der Waals surface area (Å²) in [5.41, 5.74) is -3.54. The molecule has 0 saturated carbocycles. The monoisotopic (exact) mass is 520 g/mol. The molecule has 1 heterocycles. The Bertz CT molecular complexity index is 1170. The zero-order valence-corrected chi connectivity index (χ0v) is 20.0. The van der Waals surface area contributed by atoms with Crippen LogP contribution in [0, 0.1) is 0 Å².